The molecule has 0 radical (unpaired) electrons. The molecule has 0 unspecified atom stereocenters. The summed E-state index contributed by atoms with van der Waals surface area (Å²) in [6.07, 6.45) is 3.61. The van der Waals surface area contributed by atoms with Gasteiger partial charge < -0.3 is 9.73 Å². The Labute approximate surface area is 95.4 Å². The maximum Gasteiger partial charge on any atom is 0.315 e. The summed E-state index contributed by atoms with van der Waals surface area (Å²) in [5.41, 5.74) is 0. The summed E-state index contributed by atoms with van der Waals surface area (Å²) >= 11 is 5.53. The fourth-order valence-corrected chi connectivity index (χ4v) is 1.36. The van der Waals surface area contributed by atoms with Gasteiger partial charge in [0.05, 0.1) is 0 Å². The second kappa shape index (κ2) is 6.67. The van der Waals surface area contributed by atoms with E-state index in [1.165, 1.54) is 12.8 Å². The number of unbranched alkanes of at least 4 members (excludes halogenated alkanes) is 1. The van der Waals surface area contributed by atoms with E-state index >= 15 is 0 Å². The van der Waals surface area contributed by atoms with Crippen LogP contribution in [0.5, 0.6) is 0 Å². The molecule has 0 aliphatic rings. The Hall–Kier alpha value is -0.770. The first-order valence-corrected chi connectivity index (χ1v) is 5.88. The number of anilines is 1. The molecule has 0 atom stereocenters. The molecule has 0 fully saturated rings. The first-order valence-electron chi connectivity index (χ1n) is 5.34. The largest absolute Gasteiger partial charge is 0.407 e. The number of nitrogens with one attached hydrogen (secondary N) is 1. The van der Waals surface area contributed by atoms with E-state index in [2.05, 4.69) is 29.4 Å². The summed E-state index contributed by atoms with van der Waals surface area (Å²) in [6, 6.07) is 0.468. The third kappa shape index (κ3) is 5.02. The van der Waals surface area contributed by atoms with E-state index in [0.717, 1.165) is 18.9 Å². The summed E-state index contributed by atoms with van der Waals surface area (Å²) in [6.45, 7) is 5.34. The third-order valence-electron chi connectivity index (χ3n) is 2.07. The number of nitrogens with zero attached hydrogens (tertiary/aromatic N) is 2. The summed E-state index contributed by atoms with van der Waals surface area (Å²) in [4.78, 5) is 0. The topological polar surface area (TPSA) is 51.0 Å². The molecule has 0 saturated heterocycles. The quantitative estimate of drug-likeness (QED) is 0.579. The second-order valence-electron chi connectivity index (χ2n) is 3.95. The Balaban J connectivity index is 2.09. The molecule has 0 spiro atoms. The zero-order valence-corrected chi connectivity index (χ0v) is 10.0. The van der Waals surface area contributed by atoms with E-state index in [1.54, 1.807) is 0 Å². The Morgan fingerprint density at radius 3 is 2.73 bits per heavy atom. The van der Waals surface area contributed by atoms with Crippen LogP contribution in [0.25, 0.3) is 0 Å². The van der Waals surface area contributed by atoms with Gasteiger partial charge in [-0.1, -0.05) is 31.8 Å². The third-order valence-corrected chi connectivity index (χ3v) is 2.29. The molecule has 15 heavy (non-hydrogen) atoms. The highest BCUT2D eigenvalue weighted by Gasteiger charge is 2.03. The molecule has 4 nitrogen and oxygen atoms in total. The molecule has 1 N–H and O–H groups in total. The minimum atomic E-state index is 0.266. The van der Waals surface area contributed by atoms with Gasteiger partial charge >= 0.3 is 6.01 Å². The molecule has 1 rings (SSSR count). The normalized spacial score (nSPS) is 10.9. The molecular weight excluding hydrogens is 214 g/mol. The van der Waals surface area contributed by atoms with Crippen molar-refractivity contribution in [3.05, 3.63) is 5.89 Å². The lowest BCUT2D eigenvalue weighted by atomic mass is 10.1. The van der Waals surface area contributed by atoms with Crippen molar-refractivity contribution in [2.75, 3.05) is 11.9 Å². The summed E-state index contributed by atoms with van der Waals surface area (Å²) in [7, 11) is 0. The Morgan fingerprint density at radius 2 is 2.13 bits per heavy atom. The van der Waals surface area contributed by atoms with Crippen molar-refractivity contribution in [1.82, 2.24) is 10.2 Å². The van der Waals surface area contributed by atoms with E-state index in [4.69, 9.17) is 16.0 Å². The van der Waals surface area contributed by atoms with Gasteiger partial charge in [-0.15, -0.1) is 16.7 Å². The predicted octanol–water partition coefficient (Wildman–Crippen LogP) is 3.05. The van der Waals surface area contributed by atoms with E-state index in [-0.39, 0.29) is 5.88 Å². The molecule has 0 aliphatic carbocycles. The molecule has 1 aromatic rings. The molecule has 0 bridgehead atoms. The van der Waals surface area contributed by atoms with Crippen LogP contribution >= 0.6 is 11.6 Å². The lowest BCUT2D eigenvalue weighted by Gasteiger charge is -2.03. The van der Waals surface area contributed by atoms with Crippen LogP contribution in [-0.2, 0) is 5.88 Å². The maximum atomic E-state index is 5.53. The van der Waals surface area contributed by atoms with Gasteiger partial charge in [0.25, 0.3) is 0 Å². The van der Waals surface area contributed by atoms with Crippen LogP contribution in [0.1, 0.15) is 39.0 Å². The highest BCUT2D eigenvalue weighted by atomic mass is 35.5. The van der Waals surface area contributed by atoms with Gasteiger partial charge in [-0.3, -0.25) is 0 Å². The molecule has 0 aromatic carbocycles. The minimum absolute atomic E-state index is 0.266. The van der Waals surface area contributed by atoms with Crippen molar-refractivity contribution >= 4 is 17.6 Å². The fraction of sp³-hybridized carbons (Fsp3) is 0.800. The molecule has 5 heteroatoms. The van der Waals surface area contributed by atoms with Gasteiger partial charge in [-0.05, 0) is 12.3 Å². The van der Waals surface area contributed by atoms with Crippen molar-refractivity contribution in [2.24, 2.45) is 5.92 Å². The van der Waals surface area contributed by atoms with E-state index < -0.39 is 0 Å². The van der Waals surface area contributed by atoms with Crippen LogP contribution in [0.2, 0.25) is 0 Å². The van der Waals surface area contributed by atoms with Gasteiger partial charge in [0.2, 0.25) is 5.89 Å². The SMILES string of the molecule is CC(C)CCCCNc1nnc(CCl)o1. The van der Waals surface area contributed by atoms with Crippen molar-refractivity contribution in [3.63, 3.8) is 0 Å². The number of halogens is 1. The Kier molecular flexibility index (Phi) is 5.47. The second-order valence-corrected chi connectivity index (χ2v) is 4.22. The lowest BCUT2D eigenvalue weighted by molar-refractivity contribution is 0.517. The van der Waals surface area contributed by atoms with Crippen LogP contribution < -0.4 is 5.32 Å². The van der Waals surface area contributed by atoms with Crippen LogP contribution in [0.4, 0.5) is 6.01 Å². The van der Waals surface area contributed by atoms with E-state index in [9.17, 15) is 0 Å². The van der Waals surface area contributed by atoms with Crippen molar-refractivity contribution < 1.29 is 4.42 Å². The standard InChI is InChI=1S/C10H18ClN3O/c1-8(2)5-3-4-6-12-10-14-13-9(7-11)15-10/h8H,3-7H2,1-2H3,(H,12,14). The molecule has 0 saturated carbocycles. The first kappa shape index (κ1) is 12.3. The highest BCUT2D eigenvalue weighted by Crippen LogP contribution is 2.09. The number of rotatable bonds is 7. The monoisotopic (exact) mass is 231 g/mol. The van der Waals surface area contributed by atoms with Crippen LogP contribution in [-0.4, -0.2) is 16.7 Å². The highest BCUT2D eigenvalue weighted by molar-refractivity contribution is 6.16. The predicted molar refractivity (Wildman–Crippen MR) is 61.0 cm³/mol. The Bertz CT molecular complexity index is 275. The summed E-state index contributed by atoms with van der Waals surface area (Å²) in [5, 5.41) is 10.6. The van der Waals surface area contributed by atoms with Crippen molar-refractivity contribution in [3.8, 4) is 0 Å². The smallest absolute Gasteiger partial charge is 0.315 e. The van der Waals surface area contributed by atoms with Crippen LogP contribution in [0.15, 0.2) is 4.42 Å². The molecule has 1 aromatic heterocycles. The minimum Gasteiger partial charge on any atom is -0.407 e. The zero-order valence-electron chi connectivity index (χ0n) is 9.29. The molecular formula is C10H18ClN3O. The van der Waals surface area contributed by atoms with Gasteiger partial charge in [0, 0.05) is 6.54 Å². The number of alkyl halides is 1. The average Bonchev–Trinajstić information content (AvgIpc) is 2.65. The lowest BCUT2D eigenvalue weighted by Crippen LogP contribution is -2.02. The number of aromatic nitrogens is 2. The average molecular weight is 232 g/mol. The maximum absolute atomic E-state index is 5.53. The molecule has 0 aliphatic heterocycles. The van der Waals surface area contributed by atoms with Crippen molar-refractivity contribution in [2.45, 2.75) is 39.0 Å². The summed E-state index contributed by atoms with van der Waals surface area (Å²) < 4.78 is 5.20. The van der Waals surface area contributed by atoms with Crippen LogP contribution in [0, 0.1) is 5.92 Å². The zero-order chi connectivity index (χ0) is 11.1. The van der Waals surface area contributed by atoms with Gasteiger partial charge in [-0.2, -0.15) is 0 Å². The first-order chi connectivity index (χ1) is 7.22. The van der Waals surface area contributed by atoms with E-state index in [1.807, 2.05) is 0 Å². The van der Waals surface area contributed by atoms with Gasteiger partial charge in [0.1, 0.15) is 5.88 Å². The van der Waals surface area contributed by atoms with Crippen molar-refractivity contribution in [1.29, 1.82) is 0 Å². The van der Waals surface area contributed by atoms with Gasteiger partial charge in [-0.25, -0.2) is 0 Å². The molecule has 0 amide bonds. The molecule has 1 heterocycles. The number of hydrogen-bond acceptors (Lipinski definition) is 4. The van der Waals surface area contributed by atoms with Gasteiger partial charge in [0.15, 0.2) is 0 Å². The van der Waals surface area contributed by atoms with E-state index in [0.29, 0.717) is 11.9 Å². The Morgan fingerprint density at radius 1 is 1.33 bits per heavy atom. The fourth-order valence-electron chi connectivity index (χ4n) is 1.25. The molecule has 86 valence electrons. The number of hydrogen-bond donors (Lipinski definition) is 1. The van der Waals surface area contributed by atoms with Crippen LogP contribution in [0.3, 0.4) is 0 Å². The summed E-state index contributed by atoms with van der Waals surface area (Å²) in [5.74, 6) is 1.50.